The van der Waals surface area contributed by atoms with E-state index in [1.807, 2.05) is 37.2 Å². The molecular formula is C19H19BrN4O2. The fourth-order valence-electron chi connectivity index (χ4n) is 2.30. The van der Waals surface area contributed by atoms with E-state index < -0.39 is 0 Å². The lowest BCUT2D eigenvalue weighted by Crippen LogP contribution is -2.19. The number of amides is 1. The number of benzene rings is 1. The molecule has 2 heterocycles. The molecule has 1 N–H and O–H groups in total. The number of carbonyl (C=O) groups excluding carboxylic acids is 1. The van der Waals surface area contributed by atoms with Crippen LogP contribution in [0.5, 0.6) is 5.75 Å². The van der Waals surface area contributed by atoms with Crippen molar-refractivity contribution < 1.29 is 9.53 Å². The van der Waals surface area contributed by atoms with Gasteiger partial charge in [0.25, 0.3) is 5.91 Å². The predicted molar refractivity (Wildman–Crippen MR) is 106 cm³/mol. The first-order chi connectivity index (χ1) is 12.5. The first-order valence-corrected chi connectivity index (χ1v) is 8.92. The SMILES string of the molecule is CN(C)CCOc1cc(C(=O)Nc2ccc3cccnc3n2)ccc1Br. The number of nitrogens with zero attached hydrogens (tertiary/aromatic N) is 3. The Morgan fingerprint density at radius 2 is 2.08 bits per heavy atom. The summed E-state index contributed by atoms with van der Waals surface area (Å²) in [4.78, 5) is 23.1. The van der Waals surface area contributed by atoms with E-state index in [9.17, 15) is 4.79 Å². The van der Waals surface area contributed by atoms with Gasteiger partial charge in [0.2, 0.25) is 0 Å². The van der Waals surface area contributed by atoms with Crippen LogP contribution in [0.4, 0.5) is 5.82 Å². The Morgan fingerprint density at radius 3 is 2.88 bits per heavy atom. The molecule has 0 radical (unpaired) electrons. The van der Waals surface area contributed by atoms with E-state index in [-0.39, 0.29) is 5.91 Å². The maximum Gasteiger partial charge on any atom is 0.256 e. The molecule has 2 aromatic heterocycles. The van der Waals surface area contributed by atoms with Crippen LogP contribution >= 0.6 is 15.9 Å². The smallest absolute Gasteiger partial charge is 0.256 e. The van der Waals surface area contributed by atoms with E-state index in [2.05, 4.69) is 31.2 Å². The molecule has 0 bridgehead atoms. The van der Waals surface area contributed by atoms with Gasteiger partial charge >= 0.3 is 0 Å². The van der Waals surface area contributed by atoms with Crippen LogP contribution in [-0.4, -0.2) is 48.0 Å². The van der Waals surface area contributed by atoms with Gasteiger partial charge in [0.15, 0.2) is 5.65 Å². The quantitative estimate of drug-likeness (QED) is 0.667. The van der Waals surface area contributed by atoms with Crippen molar-refractivity contribution in [3.63, 3.8) is 0 Å². The summed E-state index contributed by atoms with van der Waals surface area (Å²) in [6, 6.07) is 12.7. The van der Waals surface area contributed by atoms with Crippen molar-refractivity contribution in [3.05, 3.63) is 58.7 Å². The lowest BCUT2D eigenvalue weighted by atomic mass is 10.2. The third-order valence-electron chi connectivity index (χ3n) is 3.70. The number of ether oxygens (including phenoxy) is 1. The van der Waals surface area contributed by atoms with Crippen molar-refractivity contribution in [1.29, 1.82) is 0 Å². The fourth-order valence-corrected chi connectivity index (χ4v) is 2.67. The molecule has 134 valence electrons. The van der Waals surface area contributed by atoms with Gasteiger partial charge in [0.1, 0.15) is 18.2 Å². The molecule has 0 spiro atoms. The number of carbonyl (C=O) groups is 1. The average Bonchev–Trinajstić information content (AvgIpc) is 2.63. The highest BCUT2D eigenvalue weighted by Gasteiger charge is 2.11. The summed E-state index contributed by atoms with van der Waals surface area (Å²) in [5.74, 6) is 0.838. The third kappa shape index (κ3) is 4.56. The Kier molecular flexibility index (Phi) is 5.80. The van der Waals surface area contributed by atoms with Crippen LogP contribution in [0, 0.1) is 0 Å². The average molecular weight is 415 g/mol. The Morgan fingerprint density at radius 1 is 1.23 bits per heavy atom. The number of fused-ring (bicyclic) bond motifs is 1. The zero-order chi connectivity index (χ0) is 18.5. The van der Waals surface area contributed by atoms with E-state index in [4.69, 9.17) is 4.74 Å². The molecule has 3 aromatic rings. The monoisotopic (exact) mass is 414 g/mol. The highest BCUT2D eigenvalue weighted by molar-refractivity contribution is 9.10. The second kappa shape index (κ2) is 8.25. The summed E-state index contributed by atoms with van der Waals surface area (Å²) in [7, 11) is 3.96. The summed E-state index contributed by atoms with van der Waals surface area (Å²) >= 11 is 3.45. The van der Waals surface area contributed by atoms with Crippen molar-refractivity contribution in [3.8, 4) is 5.75 Å². The van der Waals surface area contributed by atoms with Gasteiger partial charge in [-0.1, -0.05) is 0 Å². The zero-order valence-corrected chi connectivity index (χ0v) is 16.2. The second-order valence-corrected chi connectivity index (χ2v) is 6.85. The number of rotatable bonds is 6. The number of hydrogen-bond acceptors (Lipinski definition) is 5. The maximum absolute atomic E-state index is 12.5. The third-order valence-corrected chi connectivity index (χ3v) is 4.35. The van der Waals surface area contributed by atoms with Gasteiger partial charge in [0.05, 0.1) is 4.47 Å². The summed E-state index contributed by atoms with van der Waals surface area (Å²) in [5, 5.41) is 3.72. The van der Waals surface area contributed by atoms with Gasteiger partial charge in [-0.15, -0.1) is 0 Å². The molecule has 1 aromatic carbocycles. The van der Waals surface area contributed by atoms with Crippen molar-refractivity contribution in [1.82, 2.24) is 14.9 Å². The number of nitrogens with one attached hydrogen (secondary N) is 1. The fraction of sp³-hybridized carbons (Fsp3) is 0.211. The first kappa shape index (κ1) is 18.3. The Balaban J connectivity index is 1.74. The molecule has 0 atom stereocenters. The van der Waals surface area contributed by atoms with E-state index in [0.717, 1.165) is 16.4 Å². The highest BCUT2D eigenvalue weighted by atomic mass is 79.9. The van der Waals surface area contributed by atoms with Gasteiger partial charge in [-0.25, -0.2) is 9.97 Å². The van der Waals surface area contributed by atoms with Crippen LogP contribution in [-0.2, 0) is 0 Å². The van der Waals surface area contributed by atoms with Crippen LogP contribution in [0.2, 0.25) is 0 Å². The van der Waals surface area contributed by atoms with Gasteiger partial charge in [0, 0.05) is 23.7 Å². The molecule has 0 aliphatic rings. The number of hydrogen-bond donors (Lipinski definition) is 1. The number of likely N-dealkylation sites (N-methyl/N-ethyl adjacent to an activating group) is 1. The molecule has 6 nitrogen and oxygen atoms in total. The lowest BCUT2D eigenvalue weighted by Gasteiger charge is -2.13. The van der Waals surface area contributed by atoms with Crippen molar-refractivity contribution in [2.75, 3.05) is 32.6 Å². The van der Waals surface area contributed by atoms with E-state index in [0.29, 0.717) is 29.4 Å². The predicted octanol–water partition coefficient (Wildman–Crippen LogP) is 3.59. The van der Waals surface area contributed by atoms with Crippen molar-refractivity contribution >= 4 is 38.7 Å². The normalized spacial score (nSPS) is 10.9. The molecule has 0 aliphatic heterocycles. The molecule has 1 amide bonds. The number of pyridine rings is 2. The minimum Gasteiger partial charge on any atom is -0.491 e. The van der Waals surface area contributed by atoms with Crippen LogP contribution in [0.1, 0.15) is 10.4 Å². The summed E-state index contributed by atoms with van der Waals surface area (Å²) in [6.45, 7) is 1.32. The minimum absolute atomic E-state index is 0.252. The van der Waals surface area contributed by atoms with Gasteiger partial charge in [-0.3, -0.25) is 4.79 Å². The zero-order valence-electron chi connectivity index (χ0n) is 14.6. The molecule has 0 fully saturated rings. The van der Waals surface area contributed by atoms with Gasteiger partial charge in [-0.05, 0) is 72.5 Å². The number of halogens is 1. The number of anilines is 1. The van der Waals surface area contributed by atoms with Crippen LogP contribution in [0.3, 0.4) is 0 Å². The van der Waals surface area contributed by atoms with E-state index in [1.54, 1.807) is 30.5 Å². The largest absolute Gasteiger partial charge is 0.491 e. The summed E-state index contributed by atoms with van der Waals surface area (Å²) in [6.07, 6.45) is 1.67. The second-order valence-electron chi connectivity index (χ2n) is 6.00. The van der Waals surface area contributed by atoms with Gasteiger partial charge < -0.3 is 15.0 Å². The minimum atomic E-state index is -0.252. The summed E-state index contributed by atoms with van der Waals surface area (Å²) in [5.41, 5.74) is 1.09. The van der Waals surface area contributed by atoms with Crippen LogP contribution < -0.4 is 10.1 Å². The molecule has 3 rings (SSSR count). The molecule has 7 heteroatoms. The molecule has 26 heavy (non-hydrogen) atoms. The van der Waals surface area contributed by atoms with Crippen LogP contribution in [0.15, 0.2) is 53.1 Å². The van der Waals surface area contributed by atoms with E-state index in [1.165, 1.54) is 0 Å². The Labute approximate surface area is 160 Å². The molecule has 0 saturated heterocycles. The van der Waals surface area contributed by atoms with Crippen molar-refractivity contribution in [2.45, 2.75) is 0 Å². The Hall–Kier alpha value is -2.51. The van der Waals surface area contributed by atoms with E-state index >= 15 is 0 Å². The van der Waals surface area contributed by atoms with Crippen LogP contribution in [0.25, 0.3) is 11.0 Å². The first-order valence-electron chi connectivity index (χ1n) is 8.13. The Bertz CT molecular complexity index is 930. The molecule has 0 aliphatic carbocycles. The molecular weight excluding hydrogens is 396 g/mol. The standard InChI is InChI=1S/C19H19BrN4O2/c1-24(2)10-11-26-16-12-14(5-7-15(16)20)19(25)23-17-8-6-13-4-3-9-21-18(13)22-17/h3-9,12H,10-11H2,1-2H3,(H,21,22,23,25). The van der Waals surface area contributed by atoms with Gasteiger partial charge in [-0.2, -0.15) is 0 Å². The number of aromatic nitrogens is 2. The topological polar surface area (TPSA) is 67.3 Å². The highest BCUT2D eigenvalue weighted by Crippen LogP contribution is 2.26. The lowest BCUT2D eigenvalue weighted by molar-refractivity contribution is 0.102. The molecule has 0 saturated carbocycles. The molecule has 0 unspecified atom stereocenters. The summed E-state index contributed by atoms with van der Waals surface area (Å²) < 4.78 is 6.56. The maximum atomic E-state index is 12.5. The van der Waals surface area contributed by atoms with Crippen molar-refractivity contribution in [2.24, 2.45) is 0 Å².